The Morgan fingerprint density at radius 2 is 2.17 bits per heavy atom. The van der Waals surface area contributed by atoms with E-state index in [4.69, 9.17) is 5.26 Å². The van der Waals surface area contributed by atoms with E-state index in [1.54, 1.807) is 0 Å². The van der Waals surface area contributed by atoms with Crippen molar-refractivity contribution in [3.8, 4) is 6.07 Å². The molecular formula is C15H19N3. The molecule has 0 bridgehead atoms. The summed E-state index contributed by atoms with van der Waals surface area (Å²) in [6.07, 6.45) is 1.80. The third-order valence-corrected chi connectivity index (χ3v) is 3.12. The highest BCUT2D eigenvalue weighted by Gasteiger charge is 2.10. The maximum atomic E-state index is 9.10. The molecule has 2 rings (SSSR count). The number of H-pyrrole nitrogens is 1. The molecular weight excluding hydrogens is 222 g/mol. The molecule has 0 amide bonds. The molecule has 0 spiro atoms. The molecule has 0 aliphatic rings. The molecule has 1 N–H and O–H groups in total. The predicted octanol–water partition coefficient (Wildman–Crippen LogP) is 3.78. The molecule has 1 aromatic carbocycles. The van der Waals surface area contributed by atoms with Crippen molar-refractivity contribution in [1.82, 2.24) is 9.97 Å². The summed E-state index contributed by atoms with van der Waals surface area (Å²) in [5.74, 6) is 1.60. The van der Waals surface area contributed by atoms with Crippen molar-refractivity contribution < 1.29 is 0 Å². The zero-order valence-electron chi connectivity index (χ0n) is 11.2. The fourth-order valence-corrected chi connectivity index (χ4v) is 2.18. The van der Waals surface area contributed by atoms with Gasteiger partial charge in [0, 0.05) is 6.42 Å². The number of hydrogen-bond acceptors (Lipinski definition) is 2. The number of nitrogens with one attached hydrogen (secondary N) is 1. The predicted molar refractivity (Wildman–Crippen MR) is 73.3 cm³/mol. The van der Waals surface area contributed by atoms with Crippen molar-refractivity contribution in [2.45, 2.75) is 39.5 Å². The van der Waals surface area contributed by atoms with Crippen molar-refractivity contribution in [1.29, 1.82) is 5.26 Å². The van der Waals surface area contributed by atoms with Gasteiger partial charge in [0.1, 0.15) is 5.82 Å². The SMILES string of the molecule is CCC(C#N)c1ccc2nc(CC(C)C)[nH]c2c1. The van der Waals surface area contributed by atoms with Crippen molar-refractivity contribution in [2.24, 2.45) is 5.92 Å². The second-order valence-corrected chi connectivity index (χ2v) is 5.15. The van der Waals surface area contributed by atoms with Crippen LogP contribution in [0, 0.1) is 17.2 Å². The Bertz CT molecular complexity index is 575. The zero-order chi connectivity index (χ0) is 13.1. The van der Waals surface area contributed by atoms with E-state index in [1.165, 1.54) is 0 Å². The van der Waals surface area contributed by atoms with Crippen LogP contribution in [0.15, 0.2) is 18.2 Å². The molecule has 1 atom stereocenters. The molecule has 94 valence electrons. The maximum absolute atomic E-state index is 9.10. The van der Waals surface area contributed by atoms with Crippen LogP contribution in [0.25, 0.3) is 11.0 Å². The highest BCUT2D eigenvalue weighted by Crippen LogP contribution is 2.23. The van der Waals surface area contributed by atoms with Gasteiger partial charge in [0.05, 0.1) is 23.0 Å². The van der Waals surface area contributed by atoms with Gasteiger partial charge in [-0.2, -0.15) is 5.26 Å². The van der Waals surface area contributed by atoms with Crippen LogP contribution in [0.4, 0.5) is 0 Å². The minimum Gasteiger partial charge on any atom is -0.342 e. The van der Waals surface area contributed by atoms with E-state index in [1.807, 2.05) is 19.1 Å². The molecule has 3 heteroatoms. The Labute approximate surface area is 108 Å². The minimum absolute atomic E-state index is 0.0220. The van der Waals surface area contributed by atoms with Gasteiger partial charge in [0.15, 0.2) is 0 Å². The fourth-order valence-electron chi connectivity index (χ4n) is 2.18. The highest BCUT2D eigenvalue weighted by atomic mass is 14.9. The number of imidazole rings is 1. The van der Waals surface area contributed by atoms with Crippen LogP contribution < -0.4 is 0 Å². The van der Waals surface area contributed by atoms with Crippen LogP contribution in [0.3, 0.4) is 0 Å². The number of aromatic amines is 1. The number of nitriles is 1. The zero-order valence-corrected chi connectivity index (χ0v) is 11.2. The van der Waals surface area contributed by atoms with Crippen molar-refractivity contribution in [2.75, 3.05) is 0 Å². The Kier molecular flexibility index (Phi) is 3.66. The summed E-state index contributed by atoms with van der Waals surface area (Å²) in [4.78, 5) is 7.92. The monoisotopic (exact) mass is 241 g/mol. The largest absolute Gasteiger partial charge is 0.342 e. The summed E-state index contributed by atoms with van der Waals surface area (Å²) >= 11 is 0. The van der Waals surface area contributed by atoms with Crippen molar-refractivity contribution >= 4 is 11.0 Å². The van der Waals surface area contributed by atoms with Crippen molar-refractivity contribution in [3.63, 3.8) is 0 Å². The molecule has 1 aromatic heterocycles. The summed E-state index contributed by atoms with van der Waals surface area (Å²) < 4.78 is 0. The lowest BCUT2D eigenvalue weighted by Gasteiger charge is -2.05. The van der Waals surface area contributed by atoms with Crippen LogP contribution in [0.1, 0.15) is 44.5 Å². The average Bonchev–Trinajstić information content (AvgIpc) is 2.71. The Morgan fingerprint density at radius 3 is 2.78 bits per heavy atom. The molecule has 1 heterocycles. The van der Waals surface area contributed by atoms with E-state index >= 15 is 0 Å². The first-order chi connectivity index (χ1) is 8.63. The summed E-state index contributed by atoms with van der Waals surface area (Å²) in [7, 11) is 0. The standard InChI is InChI=1S/C15H19N3/c1-4-11(9-16)12-5-6-13-14(8-12)18-15(17-13)7-10(2)3/h5-6,8,10-11H,4,7H2,1-3H3,(H,17,18). The summed E-state index contributed by atoms with van der Waals surface area (Å²) in [5, 5.41) is 9.10. The molecule has 18 heavy (non-hydrogen) atoms. The lowest BCUT2D eigenvalue weighted by molar-refractivity contribution is 0.627. The molecule has 0 aliphatic heterocycles. The average molecular weight is 241 g/mol. The van der Waals surface area contributed by atoms with E-state index in [2.05, 4.69) is 36.0 Å². The molecule has 0 aliphatic carbocycles. The van der Waals surface area contributed by atoms with E-state index in [0.29, 0.717) is 5.92 Å². The second-order valence-electron chi connectivity index (χ2n) is 5.15. The van der Waals surface area contributed by atoms with Gasteiger partial charge in [0.2, 0.25) is 0 Å². The van der Waals surface area contributed by atoms with E-state index in [-0.39, 0.29) is 5.92 Å². The van der Waals surface area contributed by atoms with Crippen LogP contribution in [-0.2, 0) is 6.42 Å². The third kappa shape index (κ3) is 2.53. The minimum atomic E-state index is -0.0220. The van der Waals surface area contributed by atoms with Crippen LogP contribution in [0.5, 0.6) is 0 Å². The molecule has 2 aromatic rings. The second kappa shape index (κ2) is 5.22. The number of fused-ring (bicyclic) bond motifs is 1. The fraction of sp³-hybridized carbons (Fsp3) is 0.467. The molecule has 3 nitrogen and oxygen atoms in total. The normalized spacial score (nSPS) is 12.8. The molecule has 0 radical (unpaired) electrons. The summed E-state index contributed by atoms with van der Waals surface area (Å²) in [6.45, 7) is 6.40. The molecule has 0 fully saturated rings. The first-order valence-corrected chi connectivity index (χ1v) is 6.52. The van der Waals surface area contributed by atoms with Gasteiger partial charge in [-0.05, 0) is 30.0 Å². The van der Waals surface area contributed by atoms with Crippen LogP contribution >= 0.6 is 0 Å². The number of aromatic nitrogens is 2. The van der Waals surface area contributed by atoms with Crippen LogP contribution in [0.2, 0.25) is 0 Å². The third-order valence-electron chi connectivity index (χ3n) is 3.12. The quantitative estimate of drug-likeness (QED) is 0.885. The van der Waals surface area contributed by atoms with Gasteiger partial charge in [-0.3, -0.25) is 0 Å². The Morgan fingerprint density at radius 1 is 1.39 bits per heavy atom. The highest BCUT2D eigenvalue weighted by molar-refractivity contribution is 5.76. The maximum Gasteiger partial charge on any atom is 0.107 e. The van der Waals surface area contributed by atoms with Gasteiger partial charge in [0.25, 0.3) is 0 Å². The van der Waals surface area contributed by atoms with Crippen LogP contribution in [-0.4, -0.2) is 9.97 Å². The molecule has 1 unspecified atom stereocenters. The number of benzene rings is 1. The lowest BCUT2D eigenvalue weighted by atomic mass is 9.98. The van der Waals surface area contributed by atoms with E-state index in [9.17, 15) is 0 Å². The van der Waals surface area contributed by atoms with Crippen molar-refractivity contribution in [3.05, 3.63) is 29.6 Å². The van der Waals surface area contributed by atoms with Gasteiger partial charge in [-0.1, -0.05) is 26.8 Å². The molecule has 0 saturated heterocycles. The Hall–Kier alpha value is -1.82. The first-order valence-electron chi connectivity index (χ1n) is 6.52. The van der Waals surface area contributed by atoms with Gasteiger partial charge < -0.3 is 4.98 Å². The number of hydrogen-bond donors (Lipinski definition) is 1. The Balaban J connectivity index is 2.36. The topological polar surface area (TPSA) is 52.5 Å². The number of nitrogens with zero attached hydrogens (tertiary/aromatic N) is 2. The van der Waals surface area contributed by atoms with Gasteiger partial charge >= 0.3 is 0 Å². The van der Waals surface area contributed by atoms with E-state index < -0.39 is 0 Å². The lowest BCUT2D eigenvalue weighted by Crippen LogP contribution is -1.95. The number of rotatable bonds is 4. The first kappa shape index (κ1) is 12.6. The van der Waals surface area contributed by atoms with Gasteiger partial charge in [-0.25, -0.2) is 4.98 Å². The summed E-state index contributed by atoms with van der Waals surface area (Å²) in [6, 6.07) is 8.42. The van der Waals surface area contributed by atoms with Gasteiger partial charge in [-0.15, -0.1) is 0 Å². The van der Waals surface area contributed by atoms with E-state index in [0.717, 1.165) is 35.3 Å². The molecule has 0 saturated carbocycles. The summed E-state index contributed by atoms with van der Waals surface area (Å²) in [5.41, 5.74) is 3.10. The smallest absolute Gasteiger partial charge is 0.107 e.